The molecule has 1 heterocycles. The lowest BCUT2D eigenvalue weighted by Gasteiger charge is -2.31. The molecule has 0 saturated carbocycles. The molecule has 2 rings (SSSR count). The average Bonchev–Trinajstić information content (AvgIpc) is 2.39. The van der Waals surface area contributed by atoms with Crippen LogP contribution in [0.2, 0.25) is 0 Å². The van der Waals surface area contributed by atoms with Gasteiger partial charge < -0.3 is 15.4 Å². The largest absolute Gasteiger partial charge is 0.399 e. The summed E-state index contributed by atoms with van der Waals surface area (Å²) < 4.78 is 19.2. The van der Waals surface area contributed by atoms with Crippen molar-refractivity contribution in [1.29, 1.82) is 0 Å². The second-order valence-corrected chi connectivity index (χ2v) is 4.69. The van der Waals surface area contributed by atoms with Crippen LogP contribution in [-0.2, 0) is 4.74 Å². The van der Waals surface area contributed by atoms with Crippen LogP contribution in [0.3, 0.4) is 0 Å². The van der Waals surface area contributed by atoms with Gasteiger partial charge in [-0.1, -0.05) is 0 Å². The first kappa shape index (κ1) is 13.8. The molecular formula is C14H19FN2O2. The quantitative estimate of drug-likeness (QED) is 0.852. The lowest BCUT2D eigenvalue weighted by Crippen LogP contribution is -2.41. The first-order valence-electron chi connectivity index (χ1n) is 6.57. The summed E-state index contributed by atoms with van der Waals surface area (Å²) in [6.07, 6.45) is 1.82. The van der Waals surface area contributed by atoms with Crippen molar-refractivity contribution in [3.63, 3.8) is 0 Å². The average molecular weight is 266 g/mol. The van der Waals surface area contributed by atoms with E-state index in [1.54, 1.807) is 11.0 Å². The van der Waals surface area contributed by atoms with Crippen LogP contribution < -0.4 is 5.73 Å². The molecule has 4 nitrogen and oxygen atoms in total. The lowest BCUT2D eigenvalue weighted by atomic mass is 10.1. The molecule has 0 aromatic heterocycles. The summed E-state index contributed by atoms with van der Waals surface area (Å²) in [6, 6.07) is 4.17. The van der Waals surface area contributed by atoms with E-state index in [4.69, 9.17) is 10.5 Å². The number of amides is 1. The summed E-state index contributed by atoms with van der Waals surface area (Å²) in [4.78, 5) is 13.9. The molecular weight excluding hydrogens is 247 g/mol. The van der Waals surface area contributed by atoms with Crippen molar-refractivity contribution in [3.05, 3.63) is 29.6 Å². The van der Waals surface area contributed by atoms with Gasteiger partial charge in [-0.3, -0.25) is 4.79 Å². The maximum Gasteiger partial charge on any atom is 0.256 e. The standard InChI is InChI=1S/C14H19FN2O2/c1-2-19-11-5-7-17(8-6-11)14(18)12-4-3-10(16)9-13(12)15/h3-4,9,11H,2,5-8,16H2,1H3. The summed E-state index contributed by atoms with van der Waals surface area (Å²) in [6.45, 7) is 3.85. The number of anilines is 1. The van der Waals surface area contributed by atoms with E-state index in [2.05, 4.69) is 0 Å². The fraction of sp³-hybridized carbons (Fsp3) is 0.500. The third kappa shape index (κ3) is 3.23. The zero-order valence-electron chi connectivity index (χ0n) is 11.1. The Kier molecular flexibility index (Phi) is 4.37. The highest BCUT2D eigenvalue weighted by molar-refractivity contribution is 5.94. The highest BCUT2D eigenvalue weighted by Gasteiger charge is 2.25. The van der Waals surface area contributed by atoms with Gasteiger partial charge in [0.15, 0.2) is 0 Å². The first-order chi connectivity index (χ1) is 9.11. The molecule has 2 N–H and O–H groups in total. The summed E-state index contributed by atoms with van der Waals surface area (Å²) in [7, 11) is 0. The third-order valence-electron chi connectivity index (χ3n) is 3.36. The van der Waals surface area contributed by atoms with Crippen molar-refractivity contribution in [2.24, 2.45) is 0 Å². The fourth-order valence-electron chi connectivity index (χ4n) is 2.34. The maximum atomic E-state index is 13.7. The van der Waals surface area contributed by atoms with Crippen LogP contribution in [0.25, 0.3) is 0 Å². The Bertz CT molecular complexity index is 457. The number of benzene rings is 1. The monoisotopic (exact) mass is 266 g/mol. The van der Waals surface area contributed by atoms with Gasteiger partial charge in [-0.2, -0.15) is 0 Å². The molecule has 1 aliphatic heterocycles. The van der Waals surface area contributed by atoms with Crippen molar-refractivity contribution < 1.29 is 13.9 Å². The Balaban J connectivity index is 2.01. The number of rotatable bonds is 3. The predicted octanol–water partition coefficient (Wildman–Crippen LogP) is 2.05. The van der Waals surface area contributed by atoms with E-state index in [0.29, 0.717) is 25.4 Å². The molecule has 104 valence electrons. The van der Waals surface area contributed by atoms with E-state index in [1.807, 2.05) is 6.92 Å². The normalized spacial score (nSPS) is 16.6. The smallest absolute Gasteiger partial charge is 0.256 e. The molecule has 5 heteroatoms. The van der Waals surface area contributed by atoms with Crippen molar-refractivity contribution in [1.82, 2.24) is 4.90 Å². The molecule has 1 amide bonds. The van der Waals surface area contributed by atoms with Crippen LogP contribution in [0.5, 0.6) is 0 Å². The zero-order chi connectivity index (χ0) is 13.8. The Morgan fingerprint density at radius 2 is 2.16 bits per heavy atom. The summed E-state index contributed by atoms with van der Waals surface area (Å²) in [5.41, 5.74) is 5.89. The summed E-state index contributed by atoms with van der Waals surface area (Å²) in [5, 5.41) is 0. The van der Waals surface area contributed by atoms with Gasteiger partial charge in [0.25, 0.3) is 5.91 Å². The van der Waals surface area contributed by atoms with Crippen LogP contribution in [-0.4, -0.2) is 36.6 Å². The van der Waals surface area contributed by atoms with E-state index in [0.717, 1.165) is 12.8 Å². The third-order valence-corrected chi connectivity index (χ3v) is 3.36. The summed E-state index contributed by atoms with van der Waals surface area (Å²) in [5.74, 6) is -0.829. The highest BCUT2D eigenvalue weighted by atomic mass is 19.1. The Morgan fingerprint density at radius 3 is 2.74 bits per heavy atom. The molecule has 0 radical (unpaired) electrons. The molecule has 1 aliphatic rings. The van der Waals surface area contributed by atoms with Crippen LogP contribution in [0.15, 0.2) is 18.2 Å². The number of piperidine rings is 1. The second-order valence-electron chi connectivity index (χ2n) is 4.69. The van der Waals surface area contributed by atoms with Crippen LogP contribution in [0.4, 0.5) is 10.1 Å². The SMILES string of the molecule is CCOC1CCN(C(=O)c2ccc(N)cc2F)CC1. The second kappa shape index (κ2) is 6.02. The van der Waals surface area contributed by atoms with Crippen molar-refractivity contribution in [2.45, 2.75) is 25.9 Å². The van der Waals surface area contributed by atoms with E-state index in [1.165, 1.54) is 12.1 Å². The van der Waals surface area contributed by atoms with Crippen molar-refractivity contribution in [2.75, 3.05) is 25.4 Å². The van der Waals surface area contributed by atoms with Crippen molar-refractivity contribution >= 4 is 11.6 Å². The number of halogens is 1. The van der Waals surface area contributed by atoms with Crippen LogP contribution in [0.1, 0.15) is 30.1 Å². The van der Waals surface area contributed by atoms with Crippen LogP contribution in [0, 0.1) is 5.82 Å². The first-order valence-corrected chi connectivity index (χ1v) is 6.57. The van der Waals surface area contributed by atoms with E-state index < -0.39 is 5.82 Å². The number of nitrogen functional groups attached to an aromatic ring is 1. The number of carbonyl (C=O) groups is 1. The van der Waals surface area contributed by atoms with Gasteiger partial charge in [0.1, 0.15) is 5.82 Å². The molecule has 0 atom stereocenters. The minimum Gasteiger partial charge on any atom is -0.399 e. The number of hydrogen-bond acceptors (Lipinski definition) is 3. The molecule has 0 bridgehead atoms. The molecule has 0 unspecified atom stereocenters. The van der Waals surface area contributed by atoms with E-state index >= 15 is 0 Å². The number of ether oxygens (including phenoxy) is 1. The van der Waals surface area contributed by atoms with Gasteiger partial charge in [-0.15, -0.1) is 0 Å². The maximum absolute atomic E-state index is 13.7. The number of hydrogen-bond donors (Lipinski definition) is 1. The Labute approximate surface area is 112 Å². The number of nitrogens with zero attached hydrogens (tertiary/aromatic N) is 1. The molecule has 1 saturated heterocycles. The fourth-order valence-corrected chi connectivity index (χ4v) is 2.34. The lowest BCUT2D eigenvalue weighted by molar-refractivity contribution is 0.0145. The summed E-state index contributed by atoms with van der Waals surface area (Å²) >= 11 is 0. The molecule has 0 spiro atoms. The highest BCUT2D eigenvalue weighted by Crippen LogP contribution is 2.19. The molecule has 1 aromatic rings. The molecule has 1 aromatic carbocycles. The minimum absolute atomic E-state index is 0.0871. The topological polar surface area (TPSA) is 55.6 Å². The number of nitrogens with two attached hydrogens (primary N) is 1. The van der Waals surface area contributed by atoms with Gasteiger partial charge in [0, 0.05) is 25.4 Å². The minimum atomic E-state index is -0.558. The number of carbonyl (C=O) groups excluding carboxylic acids is 1. The van der Waals surface area contributed by atoms with Crippen molar-refractivity contribution in [3.8, 4) is 0 Å². The van der Waals surface area contributed by atoms with Crippen LogP contribution >= 0.6 is 0 Å². The molecule has 1 fully saturated rings. The number of likely N-dealkylation sites (tertiary alicyclic amines) is 1. The van der Waals surface area contributed by atoms with Gasteiger partial charge in [0.05, 0.1) is 11.7 Å². The Morgan fingerprint density at radius 1 is 1.47 bits per heavy atom. The van der Waals surface area contributed by atoms with E-state index in [-0.39, 0.29) is 17.6 Å². The predicted molar refractivity (Wildman–Crippen MR) is 71.4 cm³/mol. The van der Waals surface area contributed by atoms with Gasteiger partial charge in [-0.25, -0.2) is 4.39 Å². The van der Waals surface area contributed by atoms with Gasteiger partial charge in [-0.05, 0) is 38.0 Å². The zero-order valence-corrected chi connectivity index (χ0v) is 11.1. The molecule has 19 heavy (non-hydrogen) atoms. The van der Waals surface area contributed by atoms with Gasteiger partial charge in [0.2, 0.25) is 0 Å². The van der Waals surface area contributed by atoms with Gasteiger partial charge >= 0.3 is 0 Å². The van der Waals surface area contributed by atoms with E-state index in [9.17, 15) is 9.18 Å². The molecule has 0 aliphatic carbocycles. The Hall–Kier alpha value is -1.62.